The molecule has 0 saturated carbocycles. The number of pyridine rings is 1. The molecule has 5 heteroatoms. The molecule has 0 bridgehead atoms. The highest BCUT2D eigenvalue weighted by atomic mass is 79.9. The lowest BCUT2D eigenvalue weighted by Gasteiger charge is -2.25. The van der Waals surface area contributed by atoms with Crippen molar-refractivity contribution in [2.75, 3.05) is 18.0 Å². The molecule has 1 aromatic heterocycles. The van der Waals surface area contributed by atoms with Crippen LogP contribution in [0.5, 0.6) is 0 Å². The van der Waals surface area contributed by atoms with Crippen LogP contribution in [0.25, 0.3) is 0 Å². The zero-order valence-corrected chi connectivity index (χ0v) is 12.9. The monoisotopic (exact) mass is 337 g/mol. The van der Waals surface area contributed by atoms with Crippen LogP contribution in [0.15, 0.2) is 41.0 Å². The molecule has 2 N–H and O–H groups in total. The van der Waals surface area contributed by atoms with E-state index in [0.29, 0.717) is 13.1 Å². The summed E-state index contributed by atoms with van der Waals surface area (Å²) in [4.78, 5) is 6.45. The van der Waals surface area contributed by atoms with Crippen LogP contribution >= 0.6 is 15.9 Å². The fourth-order valence-electron chi connectivity index (χ4n) is 2.07. The lowest BCUT2D eigenvalue weighted by molar-refractivity contribution is 0.627. The van der Waals surface area contributed by atoms with Gasteiger partial charge in [-0.15, -0.1) is 0 Å². The van der Waals surface area contributed by atoms with Crippen LogP contribution in [0.2, 0.25) is 0 Å². The van der Waals surface area contributed by atoms with Crippen LogP contribution in [0, 0.1) is 12.7 Å². The maximum absolute atomic E-state index is 13.5. The second-order valence-corrected chi connectivity index (χ2v) is 5.48. The van der Waals surface area contributed by atoms with Crippen LogP contribution in [0.4, 0.5) is 15.9 Å². The highest BCUT2D eigenvalue weighted by Crippen LogP contribution is 2.28. The summed E-state index contributed by atoms with van der Waals surface area (Å²) >= 11 is 3.40. The number of aryl methyl sites for hydroxylation is 1. The summed E-state index contributed by atoms with van der Waals surface area (Å²) in [5, 5.41) is 0. The van der Waals surface area contributed by atoms with Crippen LogP contribution in [-0.4, -0.2) is 18.1 Å². The number of rotatable bonds is 5. The number of hydrogen-bond donors (Lipinski definition) is 1. The summed E-state index contributed by atoms with van der Waals surface area (Å²) in [6, 6.07) is 8.53. The van der Waals surface area contributed by atoms with Crippen molar-refractivity contribution in [2.24, 2.45) is 5.73 Å². The lowest BCUT2D eigenvalue weighted by atomic mass is 10.2. The molecular formula is C15H17BrFN3. The van der Waals surface area contributed by atoms with Gasteiger partial charge in [-0.3, -0.25) is 0 Å². The summed E-state index contributed by atoms with van der Waals surface area (Å²) in [6.07, 6.45) is 2.56. The number of hydrogen-bond acceptors (Lipinski definition) is 3. The number of nitrogens with zero attached hydrogens (tertiary/aromatic N) is 2. The summed E-state index contributed by atoms with van der Waals surface area (Å²) < 4.78 is 14.4. The number of nitrogens with two attached hydrogens (primary N) is 1. The van der Waals surface area contributed by atoms with Crippen molar-refractivity contribution >= 4 is 27.4 Å². The molecule has 0 fully saturated rings. The molecule has 0 aliphatic carbocycles. The van der Waals surface area contributed by atoms with E-state index >= 15 is 0 Å². The quantitative estimate of drug-likeness (QED) is 0.902. The predicted octanol–water partition coefficient (Wildman–Crippen LogP) is 3.78. The van der Waals surface area contributed by atoms with Gasteiger partial charge in [-0.1, -0.05) is 6.07 Å². The third kappa shape index (κ3) is 3.55. The molecule has 0 amide bonds. The Morgan fingerprint density at radius 3 is 2.80 bits per heavy atom. The van der Waals surface area contributed by atoms with Gasteiger partial charge in [0, 0.05) is 22.9 Å². The van der Waals surface area contributed by atoms with Gasteiger partial charge in [-0.2, -0.15) is 0 Å². The Labute approximate surface area is 126 Å². The SMILES string of the molecule is Cc1cc(Br)cnc1N(CCCN)c1cccc(F)c1. The van der Waals surface area contributed by atoms with Crippen molar-refractivity contribution in [2.45, 2.75) is 13.3 Å². The van der Waals surface area contributed by atoms with Gasteiger partial charge in [0.15, 0.2) is 0 Å². The molecule has 1 heterocycles. The normalized spacial score (nSPS) is 10.6. The average molecular weight is 338 g/mol. The molecule has 0 radical (unpaired) electrons. The molecule has 0 aliphatic heterocycles. The lowest BCUT2D eigenvalue weighted by Crippen LogP contribution is -2.22. The van der Waals surface area contributed by atoms with Gasteiger partial charge in [0.2, 0.25) is 0 Å². The van der Waals surface area contributed by atoms with Crippen molar-refractivity contribution in [3.63, 3.8) is 0 Å². The standard InChI is InChI=1S/C15H17BrFN3/c1-11-8-12(16)10-19-15(11)20(7-3-6-18)14-5-2-4-13(17)9-14/h2,4-5,8-10H,3,6-7,18H2,1H3. The van der Waals surface area contributed by atoms with E-state index in [1.165, 1.54) is 12.1 Å². The van der Waals surface area contributed by atoms with Crippen molar-refractivity contribution in [3.8, 4) is 0 Å². The van der Waals surface area contributed by atoms with E-state index in [1.54, 1.807) is 12.3 Å². The third-order valence-corrected chi connectivity index (χ3v) is 3.41. The maximum Gasteiger partial charge on any atom is 0.135 e. The Hall–Kier alpha value is -1.46. The van der Waals surface area contributed by atoms with Crippen molar-refractivity contribution in [3.05, 3.63) is 52.4 Å². The molecule has 0 aliphatic rings. The first-order chi connectivity index (χ1) is 9.61. The molecule has 0 saturated heterocycles. The van der Waals surface area contributed by atoms with Crippen molar-refractivity contribution in [1.29, 1.82) is 0 Å². The predicted molar refractivity (Wildman–Crippen MR) is 83.8 cm³/mol. The van der Waals surface area contributed by atoms with Gasteiger partial charge in [-0.25, -0.2) is 9.37 Å². The fourth-order valence-corrected chi connectivity index (χ4v) is 2.51. The molecule has 0 spiro atoms. The summed E-state index contributed by atoms with van der Waals surface area (Å²) in [5.41, 5.74) is 7.41. The van der Waals surface area contributed by atoms with Gasteiger partial charge in [0.1, 0.15) is 11.6 Å². The fraction of sp³-hybridized carbons (Fsp3) is 0.267. The van der Waals surface area contributed by atoms with E-state index in [1.807, 2.05) is 24.0 Å². The third-order valence-electron chi connectivity index (χ3n) is 2.98. The van der Waals surface area contributed by atoms with Gasteiger partial charge in [-0.05, 0) is 65.6 Å². The van der Waals surface area contributed by atoms with E-state index in [4.69, 9.17) is 5.73 Å². The van der Waals surface area contributed by atoms with E-state index in [-0.39, 0.29) is 5.82 Å². The van der Waals surface area contributed by atoms with Crippen molar-refractivity contribution in [1.82, 2.24) is 4.98 Å². The smallest absolute Gasteiger partial charge is 0.135 e. The number of anilines is 2. The molecule has 2 aromatic rings. The zero-order chi connectivity index (χ0) is 14.5. The Bertz CT molecular complexity index is 589. The minimum absolute atomic E-state index is 0.255. The van der Waals surface area contributed by atoms with Crippen LogP contribution in [0.1, 0.15) is 12.0 Å². The number of halogens is 2. The molecule has 106 valence electrons. The molecule has 0 atom stereocenters. The summed E-state index contributed by atoms with van der Waals surface area (Å²) in [5.74, 6) is 0.572. The Kier molecular flexibility index (Phi) is 5.09. The molecule has 1 aromatic carbocycles. The molecular weight excluding hydrogens is 321 g/mol. The Morgan fingerprint density at radius 2 is 2.15 bits per heavy atom. The van der Waals surface area contributed by atoms with Crippen LogP contribution < -0.4 is 10.6 Å². The number of aromatic nitrogens is 1. The van der Waals surface area contributed by atoms with E-state index in [9.17, 15) is 4.39 Å². The van der Waals surface area contributed by atoms with Crippen LogP contribution in [0.3, 0.4) is 0 Å². The Balaban J connectivity index is 2.41. The highest BCUT2D eigenvalue weighted by molar-refractivity contribution is 9.10. The Morgan fingerprint density at radius 1 is 1.35 bits per heavy atom. The summed E-state index contributed by atoms with van der Waals surface area (Å²) in [7, 11) is 0. The largest absolute Gasteiger partial charge is 0.330 e. The van der Waals surface area contributed by atoms with E-state index in [2.05, 4.69) is 20.9 Å². The molecule has 0 unspecified atom stereocenters. The average Bonchev–Trinajstić information content (AvgIpc) is 2.41. The van der Waals surface area contributed by atoms with Gasteiger partial charge in [0.05, 0.1) is 0 Å². The minimum Gasteiger partial charge on any atom is -0.330 e. The highest BCUT2D eigenvalue weighted by Gasteiger charge is 2.13. The van der Waals surface area contributed by atoms with Crippen molar-refractivity contribution < 1.29 is 4.39 Å². The maximum atomic E-state index is 13.5. The number of benzene rings is 1. The first-order valence-electron chi connectivity index (χ1n) is 6.47. The molecule has 2 rings (SSSR count). The van der Waals surface area contributed by atoms with Crippen LogP contribution in [-0.2, 0) is 0 Å². The minimum atomic E-state index is -0.255. The van der Waals surface area contributed by atoms with Gasteiger partial charge in [0.25, 0.3) is 0 Å². The first-order valence-corrected chi connectivity index (χ1v) is 7.26. The molecule has 20 heavy (non-hydrogen) atoms. The van der Waals surface area contributed by atoms with Gasteiger partial charge < -0.3 is 10.6 Å². The second kappa shape index (κ2) is 6.81. The topological polar surface area (TPSA) is 42.2 Å². The first kappa shape index (κ1) is 14.9. The van der Waals surface area contributed by atoms with E-state index in [0.717, 1.165) is 28.0 Å². The second-order valence-electron chi connectivity index (χ2n) is 4.57. The molecule has 3 nitrogen and oxygen atoms in total. The van der Waals surface area contributed by atoms with Gasteiger partial charge >= 0.3 is 0 Å². The van der Waals surface area contributed by atoms with E-state index < -0.39 is 0 Å². The summed E-state index contributed by atoms with van der Waals surface area (Å²) in [6.45, 7) is 3.28. The zero-order valence-electron chi connectivity index (χ0n) is 11.3.